The van der Waals surface area contributed by atoms with Crippen molar-refractivity contribution in [3.05, 3.63) is 42.6 Å². The van der Waals surface area contributed by atoms with Crippen molar-refractivity contribution < 1.29 is 23.1 Å². The molecule has 0 aliphatic heterocycles. The van der Waals surface area contributed by atoms with E-state index in [2.05, 4.69) is 25.4 Å². The molecule has 11 heteroatoms. The maximum Gasteiger partial charge on any atom is 0.309 e. The van der Waals surface area contributed by atoms with Gasteiger partial charge in [0.1, 0.15) is 17.0 Å². The second-order valence-corrected chi connectivity index (χ2v) is 8.82. The van der Waals surface area contributed by atoms with Gasteiger partial charge in [-0.05, 0) is 37.0 Å². The summed E-state index contributed by atoms with van der Waals surface area (Å²) >= 11 is 0. The van der Waals surface area contributed by atoms with Gasteiger partial charge >= 0.3 is 5.97 Å². The lowest BCUT2D eigenvalue weighted by atomic mass is 9.59. The van der Waals surface area contributed by atoms with E-state index in [9.17, 15) is 23.1 Å². The maximum absolute atomic E-state index is 14.5. The highest BCUT2D eigenvalue weighted by Gasteiger charge is 2.60. The molecular formula is C22H19F3N6O2. The summed E-state index contributed by atoms with van der Waals surface area (Å²) in [6.45, 7) is 0. The van der Waals surface area contributed by atoms with Gasteiger partial charge in [0, 0.05) is 41.7 Å². The monoisotopic (exact) mass is 456 g/mol. The highest BCUT2D eigenvalue weighted by atomic mass is 19.3. The Kier molecular flexibility index (Phi) is 4.20. The molecule has 0 aromatic carbocycles. The number of nitrogens with one attached hydrogen (secondary N) is 2. The number of aromatic nitrogens is 5. The molecular weight excluding hydrogens is 437 g/mol. The number of hydrogen-bond donors (Lipinski definition) is 3. The molecule has 4 atom stereocenters. The number of carboxylic acids is 1. The summed E-state index contributed by atoms with van der Waals surface area (Å²) in [5.41, 5.74) is 1.57. The highest BCUT2D eigenvalue weighted by molar-refractivity contribution is 5.92. The largest absolute Gasteiger partial charge is 0.481 e. The molecule has 0 unspecified atom stereocenters. The number of H-pyrrole nitrogens is 1. The van der Waals surface area contributed by atoms with Crippen LogP contribution in [0.4, 0.5) is 19.0 Å². The Labute approximate surface area is 184 Å². The van der Waals surface area contributed by atoms with E-state index in [4.69, 9.17) is 0 Å². The molecule has 0 saturated heterocycles. The van der Waals surface area contributed by atoms with Crippen LogP contribution in [0.25, 0.3) is 27.9 Å². The molecule has 0 radical (unpaired) electrons. The summed E-state index contributed by atoms with van der Waals surface area (Å²) in [4.78, 5) is 23.6. The number of nitrogens with zero attached hydrogens (tertiary/aromatic N) is 4. The number of carbonyl (C=O) groups is 1. The van der Waals surface area contributed by atoms with Crippen LogP contribution in [0, 0.1) is 23.6 Å². The van der Waals surface area contributed by atoms with E-state index in [0.29, 0.717) is 34.4 Å². The first kappa shape index (κ1) is 20.0. The van der Waals surface area contributed by atoms with Gasteiger partial charge in [-0.1, -0.05) is 0 Å². The van der Waals surface area contributed by atoms with Crippen molar-refractivity contribution in [1.29, 1.82) is 0 Å². The summed E-state index contributed by atoms with van der Waals surface area (Å²) in [6.07, 6.45) is 4.80. The number of hydrogen-bond acceptors (Lipinski definition) is 5. The zero-order chi connectivity index (χ0) is 22.9. The Morgan fingerprint density at radius 3 is 2.97 bits per heavy atom. The second-order valence-electron chi connectivity index (χ2n) is 8.82. The van der Waals surface area contributed by atoms with Gasteiger partial charge in [-0.15, -0.1) is 5.10 Å². The molecule has 3 saturated carbocycles. The van der Waals surface area contributed by atoms with Crippen LogP contribution in [0.15, 0.2) is 36.8 Å². The highest BCUT2D eigenvalue weighted by Crippen LogP contribution is 2.54. The second kappa shape index (κ2) is 6.93. The minimum atomic E-state index is -2.99. The molecule has 3 aliphatic carbocycles. The first-order valence-corrected chi connectivity index (χ1v) is 10.7. The molecule has 4 heterocycles. The van der Waals surface area contributed by atoms with Crippen LogP contribution < -0.4 is 5.32 Å². The predicted octanol–water partition coefficient (Wildman–Crippen LogP) is 3.96. The van der Waals surface area contributed by atoms with Crippen LogP contribution in [0.1, 0.15) is 19.3 Å². The third kappa shape index (κ3) is 3.05. The first-order chi connectivity index (χ1) is 15.8. The van der Waals surface area contributed by atoms with E-state index in [1.54, 1.807) is 29.0 Å². The van der Waals surface area contributed by atoms with Gasteiger partial charge in [0.2, 0.25) is 0 Å². The van der Waals surface area contributed by atoms with Crippen LogP contribution in [0.5, 0.6) is 0 Å². The lowest BCUT2D eigenvalue weighted by Crippen LogP contribution is -2.59. The molecule has 2 bridgehead atoms. The molecule has 170 valence electrons. The number of aliphatic carboxylic acids is 1. The average Bonchev–Trinajstić information content (AvgIpc) is 3.40. The van der Waals surface area contributed by atoms with Crippen molar-refractivity contribution in [3.63, 3.8) is 0 Å². The van der Waals surface area contributed by atoms with Crippen LogP contribution in [-0.2, 0) is 4.79 Å². The Bertz CT molecular complexity index is 1400. The third-order valence-electron chi connectivity index (χ3n) is 6.97. The van der Waals surface area contributed by atoms with Crippen molar-refractivity contribution in [2.45, 2.75) is 31.2 Å². The minimum Gasteiger partial charge on any atom is -0.481 e. The first-order valence-electron chi connectivity index (χ1n) is 10.7. The fraction of sp³-hybridized carbons (Fsp3) is 0.364. The number of carboxylic acid groups (broad SMARTS) is 1. The van der Waals surface area contributed by atoms with Crippen LogP contribution in [0.3, 0.4) is 0 Å². The molecule has 0 amide bonds. The smallest absolute Gasteiger partial charge is 0.309 e. The van der Waals surface area contributed by atoms with Gasteiger partial charge in [0.05, 0.1) is 12.1 Å². The number of rotatable bonds is 4. The number of anilines is 1. The summed E-state index contributed by atoms with van der Waals surface area (Å²) in [5, 5.41) is 18.0. The van der Waals surface area contributed by atoms with Crippen LogP contribution in [-0.4, -0.2) is 47.6 Å². The van der Waals surface area contributed by atoms with E-state index in [1.165, 1.54) is 6.07 Å². The number of halogens is 3. The molecule has 7 rings (SSSR count). The Hall–Kier alpha value is -3.63. The van der Waals surface area contributed by atoms with Gasteiger partial charge < -0.3 is 15.4 Å². The molecule has 4 aromatic rings. The molecule has 4 aromatic heterocycles. The predicted molar refractivity (Wildman–Crippen MR) is 112 cm³/mol. The normalized spacial score (nSPS) is 26.2. The Balaban J connectivity index is 1.45. The summed E-state index contributed by atoms with van der Waals surface area (Å²) in [5.74, 6) is -7.07. The van der Waals surface area contributed by atoms with Crippen molar-refractivity contribution in [1.82, 2.24) is 24.6 Å². The number of aromatic amines is 1. The maximum atomic E-state index is 14.5. The average molecular weight is 456 g/mol. The van der Waals surface area contributed by atoms with Gasteiger partial charge in [-0.25, -0.2) is 27.7 Å². The molecule has 0 spiro atoms. The Morgan fingerprint density at radius 1 is 1.33 bits per heavy atom. The zero-order valence-corrected chi connectivity index (χ0v) is 17.2. The number of pyridine rings is 1. The van der Waals surface area contributed by atoms with Gasteiger partial charge in [-0.2, -0.15) is 0 Å². The van der Waals surface area contributed by atoms with Crippen molar-refractivity contribution in [2.75, 3.05) is 5.32 Å². The lowest BCUT2D eigenvalue weighted by Gasteiger charge is -2.50. The van der Waals surface area contributed by atoms with Gasteiger partial charge in [0.15, 0.2) is 11.6 Å². The van der Waals surface area contributed by atoms with Gasteiger partial charge in [0.25, 0.3) is 5.92 Å². The van der Waals surface area contributed by atoms with Crippen molar-refractivity contribution >= 4 is 28.3 Å². The third-order valence-corrected chi connectivity index (χ3v) is 6.97. The van der Waals surface area contributed by atoms with E-state index in [1.807, 2.05) is 0 Å². The standard InChI is InChI=1S/C22H19F3N6O2/c23-11-6-12-13(9-27-18(12)26-8-11)19-29-20(15-2-1-5-31(15)30-19)28-17-10-3-4-14(16(17)21(32)33)22(24,25)7-10/h1-2,5-6,8-10,14,16-17H,3-4,7H2,(H,26,27)(H,32,33)(H,28,29,30)/t10-,14-,16+,17-/m0/s1. The molecule has 3 N–H and O–H groups in total. The van der Waals surface area contributed by atoms with E-state index in [-0.39, 0.29) is 18.7 Å². The summed E-state index contributed by atoms with van der Waals surface area (Å²) < 4.78 is 44.4. The quantitative estimate of drug-likeness (QED) is 0.429. The lowest BCUT2D eigenvalue weighted by molar-refractivity contribution is -0.182. The minimum absolute atomic E-state index is 0.191. The molecule has 33 heavy (non-hydrogen) atoms. The SMILES string of the molecule is O=C(O)[C@H]1[C@@H](Nc2nc(-c3c[nH]c4ncc(F)cc34)nn3cccc23)[C@H]2CC[C@@H]1C(F)(F)C2. The van der Waals surface area contributed by atoms with E-state index in [0.717, 1.165) is 6.20 Å². The summed E-state index contributed by atoms with van der Waals surface area (Å²) in [7, 11) is 0. The number of alkyl halides is 2. The topological polar surface area (TPSA) is 108 Å². The van der Waals surface area contributed by atoms with E-state index < -0.39 is 41.5 Å². The van der Waals surface area contributed by atoms with Crippen molar-refractivity contribution in [2.24, 2.45) is 17.8 Å². The fourth-order valence-corrected chi connectivity index (χ4v) is 5.51. The number of fused-ring (bicyclic) bond motifs is 5. The van der Waals surface area contributed by atoms with Crippen molar-refractivity contribution in [3.8, 4) is 11.4 Å². The van der Waals surface area contributed by atoms with Crippen LogP contribution in [0.2, 0.25) is 0 Å². The fourth-order valence-electron chi connectivity index (χ4n) is 5.51. The van der Waals surface area contributed by atoms with E-state index >= 15 is 0 Å². The molecule has 3 fully saturated rings. The zero-order valence-electron chi connectivity index (χ0n) is 17.2. The Morgan fingerprint density at radius 2 is 2.18 bits per heavy atom. The molecule has 3 aliphatic rings. The van der Waals surface area contributed by atoms with Crippen LogP contribution >= 0.6 is 0 Å². The summed E-state index contributed by atoms with van der Waals surface area (Å²) in [6, 6.07) is 4.15. The van der Waals surface area contributed by atoms with Gasteiger partial charge in [-0.3, -0.25) is 4.79 Å². The molecule has 8 nitrogen and oxygen atoms in total.